The number of halogens is 5. The average molecular weight is 836 g/mol. The average Bonchev–Trinajstić information content (AvgIpc) is 3.24. The maximum Gasteiger partial charge on any atom is 0.278 e. The van der Waals surface area contributed by atoms with Crippen LogP contribution in [0.1, 0.15) is 57.8 Å². The van der Waals surface area contributed by atoms with Gasteiger partial charge in [-0.15, -0.1) is 0 Å². The van der Waals surface area contributed by atoms with E-state index >= 15 is 0 Å². The number of nitrogens with one attached hydrogen (secondary N) is 1. The molecule has 0 radical (unpaired) electrons. The standard InChI is InChI=1S/C43H38F5N3O7S/c44-36-37(45)39(47)41(40(48)38(36)46)59(54,55)51-20-17-34(51)43(53)50(24-27-11-13-30(14-12-27)31-18-21-56-22-19-31)32-15-16-33(35(23-32)57-25-28-7-3-1-4-8-28)42(52)49-58-26-29-9-5-2-6-10-29/h1-16,23,31,34H,17-22,24-26H2,(H,49,52)/t34-/m1/s1. The van der Waals surface area contributed by atoms with Crippen LogP contribution < -0.4 is 15.1 Å². The van der Waals surface area contributed by atoms with E-state index in [4.69, 9.17) is 14.3 Å². The highest BCUT2D eigenvalue weighted by molar-refractivity contribution is 7.89. The van der Waals surface area contributed by atoms with Gasteiger partial charge in [0.15, 0.2) is 28.2 Å². The van der Waals surface area contributed by atoms with Gasteiger partial charge >= 0.3 is 0 Å². The summed E-state index contributed by atoms with van der Waals surface area (Å²) < 4.78 is 111. The van der Waals surface area contributed by atoms with Crippen molar-refractivity contribution in [2.45, 2.75) is 55.9 Å². The van der Waals surface area contributed by atoms with Gasteiger partial charge in [0.25, 0.3) is 5.91 Å². The lowest BCUT2D eigenvalue weighted by molar-refractivity contribution is -0.125. The summed E-state index contributed by atoms with van der Waals surface area (Å²) in [5.41, 5.74) is 5.82. The highest BCUT2D eigenvalue weighted by Crippen LogP contribution is 2.36. The molecule has 59 heavy (non-hydrogen) atoms. The summed E-state index contributed by atoms with van der Waals surface area (Å²) in [6.07, 6.45) is 1.53. The Hall–Kier alpha value is -5.68. The molecule has 10 nitrogen and oxygen atoms in total. The fourth-order valence-electron chi connectivity index (χ4n) is 6.95. The molecule has 5 aromatic carbocycles. The number of nitrogens with zero attached hydrogens (tertiary/aromatic N) is 2. The van der Waals surface area contributed by atoms with Gasteiger partial charge < -0.3 is 14.4 Å². The third-order valence-corrected chi connectivity index (χ3v) is 12.2. The van der Waals surface area contributed by atoms with Gasteiger partial charge in [-0.1, -0.05) is 84.9 Å². The highest BCUT2D eigenvalue weighted by atomic mass is 32.2. The third kappa shape index (κ3) is 9.00. The zero-order chi connectivity index (χ0) is 41.7. The Labute approximate surface area is 337 Å². The van der Waals surface area contributed by atoms with Gasteiger partial charge in [-0.2, -0.15) is 4.31 Å². The molecule has 2 amide bonds. The van der Waals surface area contributed by atoms with E-state index in [0.717, 1.165) is 29.5 Å². The Morgan fingerprint density at radius 3 is 1.92 bits per heavy atom. The van der Waals surface area contributed by atoms with Crippen molar-refractivity contribution in [3.05, 3.63) is 160 Å². The lowest BCUT2D eigenvalue weighted by atomic mass is 9.91. The fraction of sp³-hybridized carbons (Fsp3) is 0.256. The van der Waals surface area contributed by atoms with Crippen LogP contribution in [0.2, 0.25) is 0 Å². The zero-order valence-corrected chi connectivity index (χ0v) is 32.2. The summed E-state index contributed by atoms with van der Waals surface area (Å²) in [6.45, 7) is 0.730. The first-order valence-corrected chi connectivity index (χ1v) is 20.2. The molecule has 2 aliphatic heterocycles. The summed E-state index contributed by atoms with van der Waals surface area (Å²) in [4.78, 5) is 32.7. The Balaban J connectivity index is 1.23. The Morgan fingerprint density at radius 1 is 0.729 bits per heavy atom. The van der Waals surface area contributed by atoms with Crippen LogP contribution in [0, 0.1) is 29.1 Å². The summed E-state index contributed by atoms with van der Waals surface area (Å²) in [7, 11) is -5.43. The molecule has 5 aromatic rings. The maximum absolute atomic E-state index is 14.8. The van der Waals surface area contributed by atoms with E-state index in [0.29, 0.717) is 23.1 Å². The van der Waals surface area contributed by atoms with Gasteiger partial charge in [0.05, 0.1) is 18.7 Å². The van der Waals surface area contributed by atoms with Crippen LogP contribution in [-0.4, -0.2) is 50.3 Å². The predicted octanol–water partition coefficient (Wildman–Crippen LogP) is 7.71. The maximum atomic E-state index is 14.8. The normalized spacial score (nSPS) is 16.0. The van der Waals surface area contributed by atoms with E-state index in [1.165, 1.54) is 23.1 Å². The second-order valence-electron chi connectivity index (χ2n) is 14.0. The minimum atomic E-state index is -5.43. The molecule has 0 bridgehead atoms. The number of anilines is 1. The van der Waals surface area contributed by atoms with E-state index in [-0.39, 0.29) is 49.1 Å². The lowest BCUT2D eigenvalue weighted by Crippen LogP contribution is -2.59. The zero-order valence-electron chi connectivity index (χ0n) is 31.4. The highest BCUT2D eigenvalue weighted by Gasteiger charge is 2.48. The van der Waals surface area contributed by atoms with E-state index in [1.54, 1.807) is 12.1 Å². The first-order valence-electron chi connectivity index (χ1n) is 18.7. The van der Waals surface area contributed by atoms with Crippen molar-refractivity contribution >= 4 is 27.5 Å². The first-order chi connectivity index (χ1) is 28.4. The van der Waals surface area contributed by atoms with E-state index < -0.39 is 68.4 Å². The quantitative estimate of drug-likeness (QED) is 0.0528. The molecule has 0 saturated carbocycles. The SMILES string of the molecule is O=C(NOCc1ccccc1)c1ccc(N(Cc2ccc(C3CCOCC3)cc2)C(=O)[C@H]2CCN2S(=O)(=O)c2c(F)c(F)c(F)c(F)c2F)cc1OCc1ccccc1. The van der Waals surface area contributed by atoms with Crippen LogP contribution in [0.25, 0.3) is 0 Å². The largest absolute Gasteiger partial charge is 0.488 e. The van der Waals surface area contributed by atoms with Crippen LogP contribution in [0.4, 0.5) is 27.6 Å². The van der Waals surface area contributed by atoms with Crippen molar-refractivity contribution < 1.29 is 54.3 Å². The number of carbonyl (C=O) groups is 2. The minimum Gasteiger partial charge on any atom is -0.488 e. The number of sulfonamides is 1. The third-order valence-electron chi connectivity index (χ3n) is 10.3. The van der Waals surface area contributed by atoms with Crippen LogP contribution in [-0.2, 0) is 44.2 Å². The van der Waals surface area contributed by atoms with Crippen molar-refractivity contribution in [1.82, 2.24) is 9.79 Å². The predicted molar refractivity (Wildman–Crippen MR) is 205 cm³/mol. The summed E-state index contributed by atoms with van der Waals surface area (Å²) in [5.74, 6) is -13.7. The number of hydrogen-bond donors (Lipinski definition) is 1. The van der Waals surface area contributed by atoms with Crippen LogP contribution in [0.15, 0.2) is 108 Å². The molecule has 308 valence electrons. The molecule has 2 aliphatic rings. The van der Waals surface area contributed by atoms with Crippen molar-refractivity contribution in [2.75, 3.05) is 24.7 Å². The minimum absolute atomic E-state index is 0.00756. The topological polar surface area (TPSA) is 114 Å². The van der Waals surface area contributed by atoms with E-state index in [2.05, 4.69) is 5.48 Å². The van der Waals surface area contributed by atoms with Gasteiger partial charge in [0, 0.05) is 31.5 Å². The number of rotatable bonds is 14. The number of amides is 2. The number of hydroxylamine groups is 1. The summed E-state index contributed by atoms with van der Waals surface area (Å²) in [6, 6.07) is 28.3. The fourth-order valence-corrected chi connectivity index (χ4v) is 8.69. The van der Waals surface area contributed by atoms with E-state index in [1.807, 2.05) is 72.8 Å². The van der Waals surface area contributed by atoms with Crippen molar-refractivity contribution in [3.63, 3.8) is 0 Å². The Morgan fingerprint density at radius 2 is 1.32 bits per heavy atom. The molecule has 2 fully saturated rings. The van der Waals surface area contributed by atoms with Crippen molar-refractivity contribution in [3.8, 4) is 5.75 Å². The smallest absolute Gasteiger partial charge is 0.278 e. The molecule has 0 spiro atoms. The molecule has 0 unspecified atom stereocenters. The molecule has 1 atom stereocenters. The molecular formula is C43H38F5N3O7S. The lowest BCUT2D eigenvalue weighted by Gasteiger charge is -2.41. The molecule has 0 aliphatic carbocycles. The second kappa shape index (κ2) is 18.1. The van der Waals surface area contributed by atoms with Crippen molar-refractivity contribution in [2.24, 2.45) is 0 Å². The van der Waals surface area contributed by atoms with E-state index in [9.17, 15) is 40.0 Å². The first kappa shape index (κ1) is 41.5. The molecule has 16 heteroatoms. The molecule has 2 heterocycles. The number of benzene rings is 5. The van der Waals surface area contributed by atoms with Gasteiger partial charge in [-0.3, -0.25) is 14.4 Å². The number of carbonyl (C=O) groups excluding carboxylic acids is 2. The molecular weight excluding hydrogens is 798 g/mol. The van der Waals surface area contributed by atoms with Crippen LogP contribution in [0.3, 0.4) is 0 Å². The Kier molecular flexibility index (Phi) is 12.7. The van der Waals surface area contributed by atoms with Gasteiger partial charge in [-0.25, -0.2) is 35.8 Å². The van der Waals surface area contributed by atoms with Crippen LogP contribution in [0.5, 0.6) is 5.75 Å². The summed E-state index contributed by atoms with van der Waals surface area (Å²) >= 11 is 0. The van der Waals surface area contributed by atoms with Crippen molar-refractivity contribution in [1.29, 1.82) is 0 Å². The molecule has 0 aromatic heterocycles. The van der Waals surface area contributed by atoms with Gasteiger partial charge in [-0.05, 0) is 59.6 Å². The molecule has 7 rings (SSSR count). The Bertz CT molecular complexity index is 2390. The summed E-state index contributed by atoms with van der Waals surface area (Å²) in [5, 5.41) is 0. The number of hydrogen-bond acceptors (Lipinski definition) is 7. The monoisotopic (exact) mass is 835 g/mol. The van der Waals surface area contributed by atoms with Crippen LogP contribution >= 0.6 is 0 Å². The number of ether oxygens (including phenoxy) is 2. The second-order valence-corrected chi connectivity index (χ2v) is 15.9. The van der Waals surface area contributed by atoms with Gasteiger partial charge in [0.2, 0.25) is 21.7 Å². The molecule has 1 N–H and O–H groups in total. The molecule has 2 saturated heterocycles. The van der Waals surface area contributed by atoms with Gasteiger partial charge in [0.1, 0.15) is 18.4 Å².